The van der Waals surface area contributed by atoms with Gasteiger partial charge in [-0.15, -0.1) is 0 Å². The molecule has 5 nitrogen and oxygen atoms in total. The van der Waals surface area contributed by atoms with Crippen molar-refractivity contribution in [2.75, 3.05) is 19.6 Å². The lowest BCUT2D eigenvalue weighted by molar-refractivity contribution is -0.128. The van der Waals surface area contributed by atoms with E-state index in [2.05, 4.69) is 4.90 Å². The Morgan fingerprint density at radius 3 is 2.95 bits per heavy atom. The lowest BCUT2D eigenvalue weighted by Gasteiger charge is -2.42. The van der Waals surface area contributed by atoms with Crippen LogP contribution in [0.3, 0.4) is 0 Å². The molecule has 3 rings (SSSR count). The van der Waals surface area contributed by atoms with Crippen LogP contribution >= 0.6 is 0 Å². The van der Waals surface area contributed by atoms with Crippen molar-refractivity contribution in [1.82, 2.24) is 9.47 Å². The third kappa shape index (κ3) is 2.43. The molecule has 3 atom stereocenters. The second-order valence-corrected chi connectivity index (χ2v) is 6.03. The molecule has 0 saturated carbocycles. The van der Waals surface area contributed by atoms with E-state index in [4.69, 9.17) is 0 Å². The fourth-order valence-corrected chi connectivity index (χ4v) is 3.48. The van der Waals surface area contributed by atoms with E-state index in [0.29, 0.717) is 18.4 Å². The first-order valence-electron chi connectivity index (χ1n) is 7.17. The van der Waals surface area contributed by atoms with Gasteiger partial charge in [-0.05, 0) is 25.3 Å². The summed E-state index contributed by atoms with van der Waals surface area (Å²) in [5.41, 5.74) is 1.16. The first-order valence-corrected chi connectivity index (χ1v) is 7.17. The second-order valence-electron chi connectivity index (χ2n) is 6.03. The summed E-state index contributed by atoms with van der Waals surface area (Å²) in [4.78, 5) is 25.7. The van der Waals surface area contributed by atoms with Crippen LogP contribution in [0.25, 0.3) is 0 Å². The summed E-state index contributed by atoms with van der Waals surface area (Å²) in [5, 5.41) is 9.33. The van der Waals surface area contributed by atoms with Gasteiger partial charge in [0.25, 0.3) is 5.56 Å². The van der Waals surface area contributed by atoms with Gasteiger partial charge in [0, 0.05) is 37.3 Å². The summed E-state index contributed by atoms with van der Waals surface area (Å²) in [7, 11) is 0. The Labute approximate surface area is 117 Å². The van der Waals surface area contributed by atoms with E-state index in [0.717, 1.165) is 31.7 Å². The number of carbonyl (C=O) groups excluding carboxylic acids is 1. The number of likely N-dealkylation sites (tertiary alicyclic amines) is 1. The van der Waals surface area contributed by atoms with Gasteiger partial charge < -0.3 is 9.67 Å². The van der Waals surface area contributed by atoms with E-state index in [1.54, 1.807) is 6.07 Å². The van der Waals surface area contributed by atoms with Crippen molar-refractivity contribution >= 4 is 5.78 Å². The third-order valence-corrected chi connectivity index (χ3v) is 4.40. The Morgan fingerprint density at radius 2 is 2.20 bits per heavy atom. The molecule has 1 aromatic rings. The van der Waals surface area contributed by atoms with Crippen LogP contribution in [0.15, 0.2) is 23.0 Å². The molecule has 1 N–H and O–H groups in total. The molecule has 0 aliphatic carbocycles. The molecule has 3 heterocycles. The van der Waals surface area contributed by atoms with Crippen LogP contribution in [-0.4, -0.2) is 46.1 Å². The molecule has 20 heavy (non-hydrogen) atoms. The summed E-state index contributed by atoms with van der Waals surface area (Å²) < 4.78 is 1.88. The fraction of sp³-hybridized carbons (Fsp3) is 0.600. The highest BCUT2D eigenvalue weighted by Gasteiger charge is 2.35. The number of fused-ring (bicyclic) bond motifs is 4. The van der Waals surface area contributed by atoms with Crippen molar-refractivity contribution in [3.63, 3.8) is 0 Å². The molecule has 0 radical (unpaired) electrons. The lowest BCUT2D eigenvalue weighted by Crippen LogP contribution is -2.49. The van der Waals surface area contributed by atoms with E-state index in [1.807, 2.05) is 16.7 Å². The highest BCUT2D eigenvalue weighted by molar-refractivity contribution is 5.84. The topological polar surface area (TPSA) is 62.5 Å². The van der Waals surface area contributed by atoms with Gasteiger partial charge >= 0.3 is 0 Å². The Kier molecular flexibility index (Phi) is 3.48. The van der Waals surface area contributed by atoms with Crippen LogP contribution in [0, 0.1) is 5.92 Å². The van der Waals surface area contributed by atoms with Gasteiger partial charge in [0.2, 0.25) is 0 Å². The van der Waals surface area contributed by atoms with E-state index < -0.39 is 6.10 Å². The van der Waals surface area contributed by atoms with Gasteiger partial charge in [0.1, 0.15) is 6.10 Å². The number of piperidine rings is 1. The zero-order chi connectivity index (χ0) is 14.3. The monoisotopic (exact) mass is 276 g/mol. The number of aliphatic hydroxyl groups excluding tert-OH is 1. The first kappa shape index (κ1) is 13.5. The minimum Gasteiger partial charge on any atom is -0.386 e. The summed E-state index contributed by atoms with van der Waals surface area (Å²) in [6.07, 6.45) is 0.190. The Hall–Kier alpha value is -1.46. The number of nitrogens with zero attached hydrogens (tertiary/aromatic N) is 2. The van der Waals surface area contributed by atoms with Crippen LogP contribution in [0.4, 0.5) is 0 Å². The average Bonchev–Trinajstić information content (AvgIpc) is 2.40. The maximum Gasteiger partial charge on any atom is 0.250 e. The molecular weight excluding hydrogens is 256 g/mol. The standard InChI is InChI=1S/C15H20N2O3/c1-10(18)14(19)9-16-6-11-5-12(8-16)13-3-2-4-15(20)17(13)7-11/h2-4,10-12,18H,5-9H2,1H3/t10-,11+,12-/m0/s1. The summed E-state index contributed by atoms with van der Waals surface area (Å²) in [6, 6.07) is 5.44. The molecule has 0 amide bonds. The number of Topliss-reactive ketones (excluding diaryl/α,β-unsaturated/α-hetero) is 1. The highest BCUT2D eigenvalue weighted by Crippen LogP contribution is 2.34. The van der Waals surface area contributed by atoms with Gasteiger partial charge in [0.05, 0.1) is 6.54 Å². The number of hydrogen-bond donors (Lipinski definition) is 1. The molecule has 2 bridgehead atoms. The quantitative estimate of drug-likeness (QED) is 0.857. The van der Waals surface area contributed by atoms with Crippen LogP contribution < -0.4 is 5.56 Å². The largest absolute Gasteiger partial charge is 0.386 e. The fourth-order valence-electron chi connectivity index (χ4n) is 3.48. The Morgan fingerprint density at radius 1 is 1.40 bits per heavy atom. The number of ketones is 1. The van der Waals surface area contributed by atoms with Gasteiger partial charge in [-0.2, -0.15) is 0 Å². The van der Waals surface area contributed by atoms with Crippen molar-refractivity contribution in [2.45, 2.75) is 31.9 Å². The maximum atomic E-state index is 11.9. The minimum absolute atomic E-state index is 0.0747. The molecule has 2 aliphatic rings. The van der Waals surface area contributed by atoms with E-state index in [-0.39, 0.29) is 11.3 Å². The molecule has 0 spiro atoms. The number of rotatable bonds is 3. The van der Waals surface area contributed by atoms with Crippen molar-refractivity contribution in [1.29, 1.82) is 0 Å². The molecule has 0 aromatic carbocycles. The van der Waals surface area contributed by atoms with Crippen LogP contribution in [0.5, 0.6) is 0 Å². The van der Waals surface area contributed by atoms with Crippen LogP contribution in [-0.2, 0) is 11.3 Å². The smallest absolute Gasteiger partial charge is 0.250 e. The van der Waals surface area contributed by atoms with E-state index in [1.165, 1.54) is 6.92 Å². The zero-order valence-corrected chi connectivity index (χ0v) is 11.7. The molecule has 2 aliphatic heterocycles. The maximum absolute atomic E-state index is 11.9. The summed E-state index contributed by atoms with van der Waals surface area (Å²) >= 11 is 0. The number of carbonyl (C=O) groups is 1. The summed E-state index contributed by atoms with van der Waals surface area (Å²) in [5.74, 6) is 0.608. The number of aliphatic hydroxyl groups is 1. The van der Waals surface area contributed by atoms with E-state index in [9.17, 15) is 14.7 Å². The third-order valence-electron chi connectivity index (χ3n) is 4.40. The zero-order valence-electron chi connectivity index (χ0n) is 11.7. The Bertz CT molecular complexity index is 579. The molecule has 1 saturated heterocycles. The van der Waals surface area contributed by atoms with Crippen LogP contribution in [0.2, 0.25) is 0 Å². The van der Waals surface area contributed by atoms with Gasteiger partial charge in [0.15, 0.2) is 5.78 Å². The van der Waals surface area contributed by atoms with Crippen molar-refractivity contribution in [3.8, 4) is 0 Å². The van der Waals surface area contributed by atoms with Crippen molar-refractivity contribution < 1.29 is 9.90 Å². The van der Waals surface area contributed by atoms with Gasteiger partial charge in [-0.1, -0.05) is 6.07 Å². The van der Waals surface area contributed by atoms with Crippen molar-refractivity contribution in [2.24, 2.45) is 5.92 Å². The summed E-state index contributed by atoms with van der Waals surface area (Å²) in [6.45, 7) is 4.18. The Balaban J connectivity index is 1.80. The number of hydrogen-bond acceptors (Lipinski definition) is 4. The predicted molar refractivity (Wildman–Crippen MR) is 74.7 cm³/mol. The highest BCUT2D eigenvalue weighted by atomic mass is 16.3. The SMILES string of the molecule is C[C@H](O)C(=O)CN1C[C@H]2C[C@@H](C1)c1cccc(=O)n1C2. The lowest BCUT2D eigenvalue weighted by atomic mass is 9.83. The molecule has 108 valence electrons. The number of aromatic nitrogens is 1. The van der Waals surface area contributed by atoms with E-state index >= 15 is 0 Å². The molecule has 5 heteroatoms. The molecule has 0 unspecified atom stereocenters. The normalized spacial score (nSPS) is 26.9. The number of pyridine rings is 1. The second kappa shape index (κ2) is 5.14. The van der Waals surface area contributed by atoms with Crippen LogP contribution in [0.1, 0.15) is 25.0 Å². The van der Waals surface area contributed by atoms with Gasteiger partial charge in [-0.25, -0.2) is 0 Å². The molecular formula is C15H20N2O3. The van der Waals surface area contributed by atoms with Crippen molar-refractivity contribution in [3.05, 3.63) is 34.2 Å². The minimum atomic E-state index is -0.897. The van der Waals surface area contributed by atoms with Gasteiger partial charge in [-0.3, -0.25) is 14.5 Å². The molecule has 1 aromatic heterocycles. The molecule has 1 fully saturated rings. The predicted octanol–water partition coefficient (Wildman–Crippen LogP) is 0.217. The first-order chi connectivity index (χ1) is 9.54. The average molecular weight is 276 g/mol.